The summed E-state index contributed by atoms with van der Waals surface area (Å²) in [6.07, 6.45) is -0.0548. The van der Waals surface area contributed by atoms with Crippen LogP contribution in [-0.4, -0.2) is 25.1 Å². The molecule has 0 fully saturated rings. The first-order chi connectivity index (χ1) is 12.8. The first-order valence-corrected chi connectivity index (χ1v) is 8.56. The highest BCUT2D eigenvalue weighted by atomic mass is 16.6. The van der Waals surface area contributed by atoms with Gasteiger partial charge in [-0.15, -0.1) is 0 Å². The van der Waals surface area contributed by atoms with Gasteiger partial charge in [-0.3, -0.25) is 0 Å². The van der Waals surface area contributed by atoms with Crippen LogP contribution in [-0.2, 0) is 6.42 Å². The lowest BCUT2D eigenvalue weighted by molar-refractivity contribution is 0.171. The van der Waals surface area contributed by atoms with Gasteiger partial charge in [0.1, 0.15) is 11.3 Å². The van der Waals surface area contributed by atoms with Crippen molar-refractivity contribution in [3.63, 3.8) is 0 Å². The Morgan fingerprint density at radius 1 is 1.19 bits per heavy atom. The Morgan fingerprint density at radius 3 is 2.59 bits per heavy atom. The second-order valence-electron chi connectivity index (χ2n) is 6.79. The van der Waals surface area contributed by atoms with E-state index >= 15 is 0 Å². The number of nitrogens with zero attached hydrogens (tertiary/aromatic N) is 1. The molecule has 0 unspecified atom stereocenters. The van der Waals surface area contributed by atoms with E-state index in [1.807, 2.05) is 38.1 Å². The summed E-state index contributed by atoms with van der Waals surface area (Å²) in [6.45, 7) is 3.74. The van der Waals surface area contributed by atoms with Gasteiger partial charge in [0.2, 0.25) is 0 Å². The van der Waals surface area contributed by atoms with Gasteiger partial charge in [0.25, 0.3) is 0 Å². The predicted octanol–water partition coefficient (Wildman–Crippen LogP) is 3.64. The third-order valence-corrected chi connectivity index (χ3v) is 4.48. The molecule has 3 aromatic rings. The molecular formula is C21H22N2O4. The Bertz CT molecular complexity index is 1080. The molecule has 0 saturated carbocycles. The van der Waals surface area contributed by atoms with Gasteiger partial charge in [-0.2, -0.15) is 0 Å². The minimum Gasteiger partial charge on any atom is -0.422 e. The van der Waals surface area contributed by atoms with Crippen LogP contribution in [0.25, 0.3) is 11.0 Å². The number of hydrogen-bond acceptors (Lipinski definition) is 5. The van der Waals surface area contributed by atoms with Gasteiger partial charge in [0.05, 0.1) is 0 Å². The molecule has 1 heterocycles. The highest BCUT2D eigenvalue weighted by Gasteiger charge is 2.16. The average Bonchev–Trinajstić information content (AvgIpc) is 2.60. The zero-order chi connectivity index (χ0) is 19.7. The summed E-state index contributed by atoms with van der Waals surface area (Å²) in [5.74, 6) is 0.368. The average molecular weight is 366 g/mol. The van der Waals surface area contributed by atoms with Crippen LogP contribution < -0.4 is 16.1 Å². The summed E-state index contributed by atoms with van der Waals surface area (Å²) in [7, 11) is 3.21. The maximum atomic E-state index is 12.6. The molecule has 140 valence electrons. The molecule has 0 bridgehead atoms. The van der Waals surface area contributed by atoms with Gasteiger partial charge in [0.15, 0.2) is 0 Å². The Kier molecular flexibility index (Phi) is 4.90. The fourth-order valence-electron chi connectivity index (χ4n) is 2.93. The topological polar surface area (TPSA) is 85.8 Å². The Labute approximate surface area is 157 Å². The van der Waals surface area contributed by atoms with Crippen molar-refractivity contribution in [1.82, 2.24) is 4.90 Å². The van der Waals surface area contributed by atoms with Gasteiger partial charge in [0, 0.05) is 43.2 Å². The molecule has 0 aliphatic rings. The Hall–Kier alpha value is -3.28. The molecule has 6 heteroatoms. The Morgan fingerprint density at radius 2 is 1.93 bits per heavy atom. The van der Waals surface area contributed by atoms with Gasteiger partial charge >= 0.3 is 11.7 Å². The van der Waals surface area contributed by atoms with Crippen molar-refractivity contribution in [3.05, 3.63) is 69.1 Å². The largest absolute Gasteiger partial charge is 0.422 e. The number of anilines is 1. The van der Waals surface area contributed by atoms with Crippen molar-refractivity contribution in [2.75, 3.05) is 19.8 Å². The fraction of sp³-hybridized carbons (Fsp3) is 0.238. The number of benzene rings is 2. The van der Waals surface area contributed by atoms with Crippen molar-refractivity contribution in [1.29, 1.82) is 0 Å². The van der Waals surface area contributed by atoms with Gasteiger partial charge < -0.3 is 19.8 Å². The van der Waals surface area contributed by atoms with Crippen LogP contribution in [0.2, 0.25) is 0 Å². The van der Waals surface area contributed by atoms with E-state index in [1.54, 1.807) is 26.2 Å². The van der Waals surface area contributed by atoms with E-state index in [-0.39, 0.29) is 0 Å². The number of ether oxygens (including phenoxy) is 1. The molecular weight excluding hydrogens is 344 g/mol. The van der Waals surface area contributed by atoms with E-state index in [9.17, 15) is 9.59 Å². The van der Waals surface area contributed by atoms with E-state index < -0.39 is 11.7 Å². The molecule has 0 atom stereocenters. The molecule has 1 aromatic heterocycles. The van der Waals surface area contributed by atoms with Crippen molar-refractivity contribution in [3.8, 4) is 5.75 Å². The van der Waals surface area contributed by atoms with Crippen molar-refractivity contribution in [2.45, 2.75) is 20.3 Å². The van der Waals surface area contributed by atoms with Crippen LogP contribution in [0.3, 0.4) is 0 Å². The molecule has 0 spiro atoms. The lowest BCUT2D eigenvalue weighted by atomic mass is 9.98. The highest BCUT2D eigenvalue weighted by Crippen LogP contribution is 2.29. The van der Waals surface area contributed by atoms with Crippen LogP contribution >= 0.6 is 0 Å². The fourth-order valence-corrected chi connectivity index (χ4v) is 2.93. The number of hydrogen-bond donors (Lipinski definition) is 1. The van der Waals surface area contributed by atoms with Crippen LogP contribution in [0.15, 0.2) is 45.6 Å². The molecule has 6 nitrogen and oxygen atoms in total. The third-order valence-electron chi connectivity index (χ3n) is 4.48. The maximum absolute atomic E-state index is 12.6. The normalized spacial score (nSPS) is 10.8. The number of amides is 1. The second-order valence-corrected chi connectivity index (χ2v) is 6.79. The molecule has 0 aliphatic heterocycles. The minimum atomic E-state index is -0.491. The monoisotopic (exact) mass is 366 g/mol. The summed E-state index contributed by atoms with van der Waals surface area (Å²) in [5, 5.41) is 0.815. The van der Waals surface area contributed by atoms with Crippen LogP contribution in [0.1, 0.15) is 22.3 Å². The molecule has 1 amide bonds. The molecule has 0 radical (unpaired) electrons. The van der Waals surface area contributed by atoms with Crippen molar-refractivity contribution < 1.29 is 13.9 Å². The van der Waals surface area contributed by atoms with E-state index in [0.29, 0.717) is 29.0 Å². The number of carbonyl (C=O) groups excluding carboxylic acids is 1. The van der Waals surface area contributed by atoms with E-state index in [1.165, 1.54) is 4.90 Å². The Balaban J connectivity index is 2.06. The summed E-state index contributed by atoms with van der Waals surface area (Å²) >= 11 is 0. The molecule has 2 N–H and O–H groups in total. The van der Waals surface area contributed by atoms with E-state index in [0.717, 1.165) is 22.1 Å². The van der Waals surface area contributed by atoms with E-state index in [2.05, 4.69) is 0 Å². The van der Waals surface area contributed by atoms with Crippen LogP contribution in [0.4, 0.5) is 10.5 Å². The van der Waals surface area contributed by atoms with Gasteiger partial charge in [-0.1, -0.05) is 12.1 Å². The lowest BCUT2D eigenvalue weighted by Gasteiger charge is -2.14. The number of aryl methyl sites for hydroxylation is 2. The number of nitrogens with two attached hydrogens (primary N) is 1. The first kappa shape index (κ1) is 18.5. The predicted molar refractivity (Wildman–Crippen MR) is 105 cm³/mol. The molecule has 0 saturated heterocycles. The lowest BCUT2D eigenvalue weighted by Crippen LogP contribution is -2.25. The quantitative estimate of drug-likeness (QED) is 0.565. The standard InChI is InChI=1S/C21H22N2O4/c1-12-8-16-13(2)17(10-14-6-5-7-15(22)9-14)20(24)26-19(16)11-18(12)27-21(25)23(3)4/h5-9,11H,10,22H2,1-4H3. The summed E-state index contributed by atoms with van der Waals surface area (Å²) in [4.78, 5) is 25.7. The molecule has 27 heavy (non-hydrogen) atoms. The van der Waals surface area contributed by atoms with E-state index in [4.69, 9.17) is 14.9 Å². The molecule has 3 rings (SSSR count). The maximum Gasteiger partial charge on any atom is 0.414 e. The second kappa shape index (κ2) is 7.15. The smallest absolute Gasteiger partial charge is 0.414 e. The third kappa shape index (κ3) is 3.79. The number of carbonyl (C=O) groups is 1. The van der Waals surface area contributed by atoms with Crippen LogP contribution in [0, 0.1) is 13.8 Å². The minimum absolute atomic E-state index is 0.368. The first-order valence-electron chi connectivity index (χ1n) is 8.56. The number of nitrogen functional groups attached to an aromatic ring is 1. The molecule has 2 aromatic carbocycles. The number of fused-ring (bicyclic) bond motifs is 1. The number of rotatable bonds is 3. The van der Waals surface area contributed by atoms with Gasteiger partial charge in [-0.25, -0.2) is 9.59 Å². The molecule has 0 aliphatic carbocycles. The highest BCUT2D eigenvalue weighted by molar-refractivity contribution is 5.84. The zero-order valence-corrected chi connectivity index (χ0v) is 15.8. The summed E-state index contributed by atoms with van der Waals surface area (Å²) in [5.41, 5.74) is 9.62. The SMILES string of the molecule is Cc1cc2c(C)c(Cc3cccc(N)c3)c(=O)oc2cc1OC(=O)N(C)C. The van der Waals surface area contributed by atoms with Crippen LogP contribution in [0.5, 0.6) is 5.75 Å². The summed E-state index contributed by atoms with van der Waals surface area (Å²) < 4.78 is 10.9. The van der Waals surface area contributed by atoms with Crippen molar-refractivity contribution in [2.24, 2.45) is 0 Å². The van der Waals surface area contributed by atoms with Gasteiger partial charge in [-0.05, 0) is 48.7 Å². The zero-order valence-electron chi connectivity index (χ0n) is 15.8. The van der Waals surface area contributed by atoms with Crippen molar-refractivity contribution >= 4 is 22.7 Å². The summed E-state index contributed by atoms with van der Waals surface area (Å²) in [6, 6.07) is 10.9.